The minimum Gasteiger partial charge on any atom is -0.339 e. The molecule has 0 atom stereocenters. The second-order valence-corrected chi connectivity index (χ2v) is 8.17. The lowest BCUT2D eigenvalue weighted by molar-refractivity contribution is -0.116. The maximum atomic E-state index is 12.6. The van der Waals surface area contributed by atoms with E-state index in [1.165, 1.54) is 31.3 Å². The van der Waals surface area contributed by atoms with E-state index in [2.05, 4.69) is 15.5 Å². The minimum absolute atomic E-state index is 0.00512. The molecule has 10 heteroatoms. The zero-order chi connectivity index (χ0) is 21.0. The molecule has 9 nitrogen and oxygen atoms in total. The third kappa shape index (κ3) is 4.48. The maximum absolute atomic E-state index is 12.6. The van der Waals surface area contributed by atoms with Crippen molar-refractivity contribution < 1.29 is 17.7 Å². The van der Waals surface area contributed by atoms with Crippen LogP contribution in [0, 0.1) is 18.3 Å². The van der Waals surface area contributed by atoms with Crippen molar-refractivity contribution in [1.29, 1.82) is 5.26 Å². The Hall–Kier alpha value is -3.55. The number of hydrogen-bond acceptors (Lipinski definition) is 7. The number of benzene rings is 2. The van der Waals surface area contributed by atoms with E-state index in [9.17, 15) is 13.2 Å². The number of hydrogen-bond donors (Lipinski definition) is 1. The summed E-state index contributed by atoms with van der Waals surface area (Å²) in [6.07, 6.45) is 0. The Bertz CT molecular complexity index is 1180. The quantitative estimate of drug-likeness (QED) is 0.658. The molecule has 0 saturated heterocycles. The van der Waals surface area contributed by atoms with Crippen LogP contribution in [0.15, 0.2) is 57.9 Å². The molecule has 0 aliphatic heterocycles. The van der Waals surface area contributed by atoms with Crippen LogP contribution in [-0.4, -0.2) is 42.4 Å². The van der Waals surface area contributed by atoms with Gasteiger partial charge in [0.15, 0.2) is 0 Å². The van der Waals surface area contributed by atoms with Crippen LogP contribution < -0.4 is 5.32 Å². The Morgan fingerprint density at radius 1 is 1.21 bits per heavy atom. The first-order chi connectivity index (χ1) is 13.8. The zero-order valence-corrected chi connectivity index (χ0v) is 16.5. The van der Waals surface area contributed by atoms with Gasteiger partial charge >= 0.3 is 0 Å². The number of rotatable bonds is 6. The van der Waals surface area contributed by atoms with E-state index in [-0.39, 0.29) is 4.90 Å². The van der Waals surface area contributed by atoms with Crippen molar-refractivity contribution in [3.8, 4) is 17.5 Å². The predicted molar refractivity (Wildman–Crippen MR) is 104 cm³/mol. The Balaban J connectivity index is 1.75. The monoisotopic (exact) mass is 411 g/mol. The van der Waals surface area contributed by atoms with Gasteiger partial charge in [-0.3, -0.25) is 4.79 Å². The molecule has 0 bridgehead atoms. The summed E-state index contributed by atoms with van der Waals surface area (Å²) >= 11 is 0. The van der Waals surface area contributed by atoms with Crippen LogP contribution in [0.3, 0.4) is 0 Å². The van der Waals surface area contributed by atoms with Gasteiger partial charge in [-0.2, -0.15) is 14.6 Å². The highest BCUT2D eigenvalue weighted by Gasteiger charge is 2.23. The number of nitriles is 1. The number of anilines is 1. The van der Waals surface area contributed by atoms with Gasteiger partial charge in [-0.1, -0.05) is 17.3 Å². The lowest BCUT2D eigenvalue weighted by Crippen LogP contribution is -2.35. The van der Waals surface area contributed by atoms with Gasteiger partial charge in [0.2, 0.25) is 27.6 Å². The highest BCUT2D eigenvalue weighted by molar-refractivity contribution is 7.89. The summed E-state index contributed by atoms with van der Waals surface area (Å²) in [5.41, 5.74) is 1.33. The predicted octanol–water partition coefficient (Wildman–Crippen LogP) is 2.18. The molecule has 0 unspecified atom stereocenters. The first kappa shape index (κ1) is 20.2. The molecule has 2 aromatic carbocycles. The first-order valence-corrected chi connectivity index (χ1v) is 9.91. The Kier molecular flexibility index (Phi) is 5.72. The van der Waals surface area contributed by atoms with Gasteiger partial charge < -0.3 is 9.84 Å². The van der Waals surface area contributed by atoms with Crippen LogP contribution in [0.25, 0.3) is 11.4 Å². The van der Waals surface area contributed by atoms with Crippen molar-refractivity contribution >= 4 is 21.6 Å². The standard InChI is InChI=1S/C19H17N5O4S/c1-13-21-19(23-28-13)16-5-3-4-6-17(16)22-18(25)12-24(2)29(26,27)15-9-7-14(11-20)8-10-15/h3-10H,12H2,1-2H3,(H,22,25). The van der Waals surface area contributed by atoms with Crippen molar-refractivity contribution in [2.45, 2.75) is 11.8 Å². The van der Waals surface area contributed by atoms with E-state index in [0.717, 1.165) is 4.31 Å². The lowest BCUT2D eigenvalue weighted by Gasteiger charge is -2.17. The van der Waals surface area contributed by atoms with Crippen LogP contribution >= 0.6 is 0 Å². The molecule has 3 rings (SSSR count). The summed E-state index contributed by atoms with van der Waals surface area (Å²) < 4.78 is 31.2. The summed E-state index contributed by atoms with van der Waals surface area (Å²) in [7, 11) is -2.58. The largest absolute Gasteiger partial charge is 0.339 e. The molecule has 148 valence electrons. The number of carbonyl (C=O) groups excluding carboxylic acids is 1. The number of aryl methyl sites for hydroxylation is 1. The molecule has 1 amide bonds. The highest BCUT2D eigenvalue weighted by atomic mass is 32.2. The van der Waals surface area contributed by atoms with E-state index >= 15 is 0 Å². The van der Waals surface area contributed by atoms with E-state index in [1.807, 2.05) is 6.07 Å². The Morgan fingerprint density at radius 2 is 1.90 bits per heavy atom. The number of carbonyl (C=O) groups is 1. The second kappa shape index (κ2) is 8.22. The van der Waals surface area contributed by atoms with Crippen molar-refractivity contribution in [3.63, 3.8) is 0 Å². The summed E-state index contributed by atoms with van der Waals surface area (Å²) in [5.74, 6) is 0.170. The molecular weight excluding hydrogens is 394 g/mol. The van der Waals surface area contributed by atoms with Gasteiger partial charge in [0.25, 0.3) is 0 Å². The summed E-state index contributed by atoms with van der Waals surface area (Å²) in [4.78, 5) is 16.6. The fourth-order valence-corrected chi connectivity index (χ4v) is 3.68. The van der Waals surface area contributed by atoms with Crippen LogP contribution in [-0.2, 0) is 14.8 Å². The van der Waals surface area contributed by atoms with Gasteiger partial charge in [0, 0.05) is 19.5 Å². The van der Waals surface area contributed by atoms with Crippen LogP contribution in [0.4, 0.5) is 5.69 Å². The van der Waals surface area contributed by atoms with Gasteiger partial charge in [-0.25, -0.2) is 8.42 Å². The number of likely N-dealkylation sites (N-methyl/N-ethyl adjacent to an activating group) is 1. The molecule has 0 aliphatic rings. The van der Waals surface area contributed by atoms with Gasteiger partial charge in [-0.05, 0) is 36.4 Å². The van der Waals surface area contributed by atoms with E-state index in [0.29, 0.717) is 28.5 Å². The molecule has 29 heavy (non-hydrogen) atoms. The molecule has 0 radical (unpaired) electrons. The first-order valence-electron chi connectivity index (χ1n) is 8.47. The smallest absolute Gasteiger partial charge is 0.243 e. The number of amides is 1. The molecule has 0 saturated carbocycles. The van der Waals surface area contributed by atoms with Gasteiger partial charge in [0.1, 0.15) is 0 Å². The third-order valence-electron chi connectivity index (χ3n) is 4.03. The second-order valence-electron chi connectivity index (χ2n) is 6.13. The highest BCUT2D eigenvalue weighted by Crippen LogP contribution is 2.25. The molecule has 1 aromatic heterocycles. The Morgan fingerprint density at radius 3 is 2.52 bits per heavy atom. The number of aromatic nitrogens is 2. The van der Waals surface area contributed by atoms with E-state index < -0.39 is 22.5 Å². The van der Waals surface area contributed by atoms with Crippen LogP contribution in [0.2, 0.25) is 0 Å². The molecule has 1 N–H and O–H groups in total. The summed E-state index contributed by atoms with van der Waals surface area (Å²) in [6, 6.07) is 14.3. The van der Waals surface area contributed by atoms with Gasteiger partial charge in [0.05, 0.1) is 28.8 Å². The molecule has 3 aromatic rings. The fourth-order valence-electron chi connectivity index (χ4n) is 2.55. The molecule has 0 spiro atoms. The minimum atomic E-state index is -3.89. The van der Waals surface area contributed by atoms with Crippen LogP contribution in [0.5, 0.6) is 0 Å². The molecule has 0 aliphatic carbocycles. The third-order valence-corrected chi connectivity index (χ3v) is 5.85. The molecule has 1 heterocycles. The number of para-hydroxylation sites is 1. The van der Waals surface area contributed by atoms with Crippen molar-refractivity contribution in [3.05, 3.63) is 60.0 Å². The number of sulfonamides is 1. The lowest BCUT2D eigenvalue weighted by atomic mass is 10.1. The van der Waals surface area contributed by atoms with Crippen molar-refractivity contribution in [1.82, 2.24) is 14.4 Å². The van der Waals surface area contributed by atoms with Crippen molar-refractivity contribution in [2.75, 3.05) is 18.9 Å². The van der Waals surface area contributed by atoms with Gasteiger partial charge in [-0.15, -0.1) is 0 Å². The average Bonchev–Trinajstić information content (AvgIpc) is 3.14. The van der Waals surface area contributed by atoms with Crippen LogP contribution in [0.1, 0.15) is 11.5 Å². The topological polar surface area (TPSA) is 129 Å². The van der Waals surface area contributed by atoms with Crippen molar-refractivity contribution in [2.24, 2.45) is 0 Å². The average molecular weight is 411 g/mol. The molecule has 0 fully saturated rings. The van der Waals surface area contributed by atoms with E-state index in [4.69, 9.17) is 9.78 Å². The zero-order valence-electron chi connectivity index (χ0n) is 15.7. The maximum Gasteiger partial charge on any atom is 0.243 e. The SMILES string of the molecule is Cc1nc(-c2ccccc2NC(=O)CN(C)S(=O)(=O)c2ccc(C#N)cc2)no1. The van der Waals surface area contributed by atoms with E-state index in [1.54, 1.807) is 31.2 Å². The molecular formula is C19H17N5O4S. The fraction of sp³-hybridized carbons (Fsp3) is 0.158. The summed E-state index contributed by atoms with van der Waals surface area (Å²) in [5, 5.41) is 15.4. The number of nitrogens with one attached hydrogen (secondary N) is 1. The Labute approximate surface area is 167 Å². The number of nitrogens with zero attached hydrogens (tertiary/aromatic N) is 4. The normalized spacial score (nSPS) is 11.2. The summed E-state index contributed by atoms with van der Waals surface area (Å²) in [6.45, 7) is 1.25.